The highest BCUT2D eigenvalue weighted by atomic mass is 19.1. The van der Waals surface area contributed by atoms with Crippen molar-refractivity contribution in [1.29, 1.82) is 0 Å². The minimum Gasteiger partial charge on any atom is -0.396 e. The molecular formula is C21H32FN3O2. The molecule has 1 aromatic rings. The Morgan fingerprint density at radius 2 is 2.11 bits per heavy atom. The van der Waals surface area contributed by atoms with Crippen molar-refractivity contribution in [1.82, 2.24) is 15.1 Å². The van der Waals surface area contributed by atoms with Gasteiger partial charge in [0.2, 0.25) is 0 Å². The molecule has 0 aromatic heterocycles. The van der Waals surface area contributed by atoms with Crippen LogP contribution >= 0.6 is 0 Å². The monoisotopic (exact) mass is 377 g/mol. The van der Waals surface area contributed by atoms with Gasteiger partial charge in [0, 0.05) is 38.1 Å². The van der Waals surface area contributed by atoms with Crippen LogP contribution in [-0.4, -0.2) is 66.8 Å². The van der Waals surface area contributed by atoms with Crippen LogP contribution in [0.25, 0.3) is 0 Å². The molecule has 27 heavy (non-hydrogen) atoms. The number of aliphatic hydroxyl groups excluding tert-OH is 1. The highest BCUT2D eigenvalue weighted by molar-refractivity contribution is 5.74. The highest BCUT2D eigenvalue weighted by Crippen LogP contribution is 2.34. The van der Waals surface area contributed by atoms with Gasteiger partial charge in [-0.05, 0) is 55.8 Å². The Balaban J connectivity index is 1.46. The SMILES string of the molecule is CC1CCCN(CCNC(=O)N2CCC(CO)(Cc3ccc(F)cc3)C2)C1. The van der Waals surface area contributed by atoms with Gasteiger partial charge in [-0.1, -0.05) is 19.1 Å². The first-order chi connectivity index (χ1) is 13.0. The number of aliphatic hydroxyl groups is 1. The Morgan fingerprint density at radius 3 is 2.81 bits per heavy atom. The number of nitrogens with one attached hydrogen (secondary N) is 1. The van der Waals surface area contributed by atoms with Crippen LogP contribution in [0, 0.1) is 17.2 Å². The number of carbonyl (C=O) groups excluding carboxylic acids is 1. The van der Waals surface area contributed by atoms with Gasteiger partial charge in [-0.15, -0.1) is 0 Å². The molecule has 6 heteroatoms. The average molecular weight is 378 g/mol. The predicted molar refractivity (Wildman–Crippen MR) is 104 cm³/mol. The largest absolute Gasteiger partial charge is 0.396 e. The molecule has 1 aromatic carbocycles. The van der Waals surface area contributed by atoms with Crippen LogP contribution in [0.4, 0.5) is 9.18 Å². The highest BCUT2D eigenvalue weighted by Gasteiger charge is 2.39. The second-order valence-corrected chi connectivity index (χ2v) is 8.41. The van der Waals surface area contributed by atoms with Crippen molar-refractivity contribution >= 4 is 6.03 Å². The molecule has 150 valence electrons. The maximum absolute atomic E-state index is 13.1. The minimum atomic E-state index is -0.336. The normalized spacial score (nSPS) is 26.3. The van der Waals surface area contributed by atoms with Gasteiger partial charge < -0.3 is 20.2 Å². The number of carbonyl (C=O) groups is 1. The van der Waals surface area contributed by atoms with Gasteiger partial charge in [0.05, 0.1) is 6.61 Å². The fourth-order valence-electron chi connectivity index (χ4n) is 4.40. The predicted octanol–water partition coefficient (Wildman–Crippen LogP) is 2.49. The summed E-state index contributed by atoms with van der Waals surface area (Å²) in [6.45, 7) is 7.28. The lowest BCUT2D eigenvalue weighted by Gasteiger charge is -2.31. The van der Waals surface area contributed by atoms with Gasteiger partial charge in [0.1, 0.15) is 5.82 Å². The Hall–Kier alpha value is -1.66. The molecule has 2 aliphatic heterocycles. The van der Waals surface area contributed by atoms with E-state index < -0.39 is 0 Å². The third-order valence-corrected chi connectivity index (χ3v) is 6.00. The number of hydrogen-bond donors (Lipinski definition) is 2. The van der Waals surface area contributed by atoms with Gasteiger partial charge in [0.25, 0.3) is 0 Å². The second kappa shape index (κ2) is 9.02. The van der Waals surface area contributed by atoms with Crippen molar-refractivity contribution in [2.24, 2.45) is 11.3 Å². The molecular weight excluding hydrogens is 345 g/mol. The quantitative estimate of drug-likeness (QED) is 0.801. The number of benzene rings is 1. The summed E-state index contributed by atoms with van der Waals surface area (Å²) < 4.78 is 13.1. The second-order valence-electron chi connectivity index (χ2n) is 8.41. The summed E-state index contributed by atoms with van der Waals surface area (Å²) in [4.78, 5) is 16.7. The molecule has 0 radical (unpaired) electrons. The van der Waals surface area contributed by atoms with E-state index in [1.54, 1.807) is 17.0 Å². The van der Waals surface area contributed by atoms with E-state index in [0.717, 1.165) is 37.5 Å². The Kier molecular flexibility index (Phi) is 6.71. The molecule has 2 N–H and O–H groups in total. The maximum Gasteiger partial charge on any atom is 0.317 e. The first-order valence-electron chi connectivity index (χ1n) is 10.1. The first-order valence-corrected chi connectivity index (χ1v) is 10.1. The van der Waals surface area contributed by atoms with Gasteiger partial charge >= 0.3 is 6.03 Å². The Labute approximate surface area is 161 Å². The lowest BCUT2D eigenvalue weighted by Crippen LogP contribution is -2.45. The van der Waals surface area contributed by atoms with Gasteiger partial charge in [-0.2, -0.15) is 0 Å². The molecule has 0 aliphatic carbocycles. The molecule has 2 aliphatic rings. The summed E-state index contributed by atoms with van der Waals surface area (Å²) in [6.07, 6.45) is 3.95. The summed E-state index contributed by atoms with van der Waals surface area (Å²) in [5.74, 6) is 0.483. The van der Waals surface area contributed by atoms with E-state index >= 15 is 0 Å². The Bertz CT molecular complexity index is 624. The lowest BCUT2D eigenvalue weighted by atomic mass is 9.81. The van der Waals surface area contributed by atoms with E-state index in [0.29, 0.717) is 26.1 Å². The molecule has 2 amide bonds. The molecule has 5 nitrogen and oxygen atoms in total. The number of halogens is 1. The average Bonchev–Trinajstić information content (AvgIpc) is 3.08. The molecule has 3 rings (SSSR count). The number of urea groups is 1. The van der Waals surface area contributed by atoms with Gasteiger partial charge in [0.15, 0.2) is 0 Å². The van der Waals surface area contributed by atoms with Crippen LogP contribution in [-0.2, 0) is 6.42 Å². The molecule has 0 saturated carbocycles. The van der Waals surface area contributed by atoms with E-state index in [4.69, 9.17) is 0 Å². The van der Waals surface area contributed by atoms with Crippen LogP contribution in [0.3, 0.4) is 0 Å². The van der Waals surface area contributed by atoms with Crippen molar-refractivity contribution in [3.05, 3.63) is 35.6 Å². The topological polar surface area (TPSA) is 55.8 Å². The lowest BCUT2D eigenvalue weighted by molar-refractivity contribution is 0.129. The fraction of sp³-hybridized carbons (Fsp3) is 0.667. The summed E-state index contributed by atoms with van der Waals surface area (Å²) in [7, 11) is 0. The van der Waals surface area contributed by atoms with Crippen LogP contribution < -0.4 is 5.32 Å². The van der Waals surface area contributed by atoms with Crippen molar-refractivity contribution in [3.63, 3.8) is 0 Å². The number of amides is 2. The summed E-state index contributed by atoms with van der Waals surface area (Å²) in [5, 5.41) is 13.0. The third-order valence-electron chi connectivity index (χ3n) is 6.00. The number of hydrogen-bond acceptors (Lipinski definition) is 3. The standard InChI is InChI=1S/C21H32FN3O2/c1-17-3-2-10-24(14-17)12-9-23-20(27)25-11-8-21(15-25,16-26)13-18-4-6-19(22)7-5-18/h4-7,17,26H,2-3,8-16H2,1H3,(H,23,27). The van der Waals surface area contributed by atoms with Gasteiger partial charge in [-0.3, -0.25) is 0 Å². The van der Waals surface area contributed by atoms with Crippen molar-refractivity contribution in [2.45, 2.75) is 32.6 Å². The number of likely N-dealkylation sites (tertiary alicyclic amines) is 2. The van der Waals surface area contributed by atoms with Crippen molar-refractivity contribution < 1.29 is 14.3 Å². The van der Waals surface area contributed by atoms with Gasteiger partial charge in [-0.25, -0.2) is 9.18 Å². The number of piperidine rings is 1. The number of nitrogens with zero attached hydrogens (tertiary/aromatic N) is 2. The van der Waals surface area contributed by atoms with Crippen LogP contribution in [0.15, 0.2) is 24.3 Å². The summed E-state index contributed by atoms with van der Waals surface area (Å²) >= 11 is 0. The van der Waals surface area contributed by atoms with E-state index in [9.17, 15) is 14.3 Å². The molecule has 2 heterocycles. The van der Waals surface area contributed by atoms with E-state index in [-0.39, 0.29) is 23.9 Å². The summed E-state index contributed by atoms with van der Waals surface area (Å²) in [6, 6.07) is 6.36. The molecule has 0 bridgehead atoms. The fourth-order valence-corrected chi connectivity index (χ4v) is 4.40. The third kappa shape index (κ3) is 5.42. The van der Waals surface area contributed by atoms with E-state index in [1.807, 2.05) is 0 Å². The van der Waals surface area contributed by atoms with Crippen LogP contribution in [0.2, 0.25) is 0 Å². The zero-order valence-corrected chi connectivity index (χ0v) is 16.3. The maximum atomic E-state index is 13.1. The van der Waals surface area contributed by atoms with Crippen LogP contribution in [0.1, 0.15) is 31.7 Å². The van der Waals surface area contributed by atoms with E-state index in [2.05, 4.69) is 17.1 Å². The molecule has 2 atom stereocenters. The summed E-state index contributed by atoms with van der Waals surface area (Å²) in [5.41, 5.74) is 0.657. The Morgan fingerprint density at radius 1 is 1.33 bits per heavy atom. The molecule has 2 unspecified atom stereocenters. The van der Waals surface area contributed by atoms with E-state index in [1.165, 1.54) is 25.0 Å². The molecule has 0 spiro atoms. The molecule has 2 fully saturated rings. The zero-order valence-electron chi connectivity index (χ0n) is 16.3. The smallest absolute Gasteiger partial charge is 0.317 e. The molecule has 2 saturated heterocycles. The first kappa shape index (κ1) is 20.1. The minimum absolute atomic E-state index is 0.0276. The van der Waals surface area contributed by atoms with Crippen LogP contribution in [0.5, 0.6) is 0 Å². The van der Waals surface area contributed by atoms with Crippen molar-refractivity contribution in [3.8, 4) is 0 Å². The number of rotatable bonds is 6. The van der Waals surface area contributed by atoms with Crippen molar-refractivity contribution in [2.75, 3.05) is 45.9 Å². The zero-order chi connectivity index (χ0) is 19.3.